The number of aliphatic hydroxyl groups is 1. The van der Waals surface area contributed by atoms with E-state index < -0.39 is 5.60 Å². The van der Waals surface area contributed by atoms with Gasteiger partial charge in [0.2, 0.25) is 5.95 Å². The van der Waals surface area contributed by atoms with Gasteiger partial charge < -0.3 is 14.9 Å². The van der Waals surface area contributed by atoms with Crippen molar-refractivity contribution in [2.75, 3.05) is 31.6 Å². The Morgan fingerprint density at radius 2 is 2.17 bits per heavy atom. The van der Waals surface area contributed by atoms with Crippen LogP contribution in [0.2, 0.25) is 0 Å². The number of likely N-dealkylation sites (N-methyl/N-ethyl adjacent to an activating group) is 1. The SMILES string of the molecule is Cc1ccc(C(=O)N(C)CC2(O)CCCN(c3ncccn3)C2)s1. The molecule has 0 radical (unpaired) electrons. The van der Waals surface area contributed by atoms with Gasteiger partial charge in [-0.2, -0.15) is 0 Å². The number of carbonyl (C=O) groups is 1. The van der Waals surface area contributed by atoms with Crippen LogP contribution in [0.15, 0.2) is 30.6 Å². The predicted octanol–water partition coefficient (Wildman–Crippen LogP) is 1.95. The number of aryl methyl sites for hydroxylation is 1. The van der Waals surface area contributed by atoms with E-state index >= 15 is 0 Å². The highest BCUT2D eigenvalue weighted by atomic mass is 32.1. The molecule has 7 heteroatoms. The Morgan fingerprint density at radius 3 is 2.83 bits per heavy atom. The third-order valence-electron chi connectivity index (χ3n) is 4.22. The van der Waals surface area contributed by atoms with Crippen molar-refractivity contribution in [1.29, 1.82) is 0 Å². The molecule has 1 N–H and O–H groups in total. The molecule has 3 rings (SSSR count). The van der Waals surface area contributed by atoms with Gasteiger partial charge in [0, 0.05) is 30.9 Å². The van der Waals surface area contributed by atoms with Gasteiger partial charge in [-0.25, -0.2) is 9.97 Å². The molecule has 0 aliphatic carbocycles. The van der Waals surface area contributed by atoms with E-state index in [9.17, 15) is 9.90 Å². The minimum Gasteiger partial charge on any atom is -0.386 e. The van der Waals surface area contributed by atoms with Crippen molar-refractivity contribution in [3.8, 4) is 0 Å². The van der Waals surface area contributed by atoms with Crippen molar-refractivity contribution in [2.45, 2.75) is 25.4 Å². The van der Waals surface area contributed by atoms with Gasteiger partial charge in [0.1, 0.15) is 0 Å². The lowest BCUT2D eigenvalue weighted by atomic mass is 9.92. The second-order valence-corrected chi connectivity index (χ2v) is 7.66. The molecule has 24 heavy (non-hydrogen) atoms. The second-order valence-electron chi connectivity index (χ2n) is 6.37. The Balaban J connectivity index is 1.67. The first-order valence-corrected chi connectivity index (χ1v) is 8.85. The Labute approximate surface area is 145 Å². The summed E-state index contributed by atoms with van der Waals surface area (Å²) in [7, 11) is 1.74. The number of aromatic nitrogens is 2. The monoisotopic (exact) mass is 346 g/mol. The van der Waals surface area contributed by atoms with E-state index in [2.05, 4.69) is 9.97 Å². The molecule has 6 nitrogen and oxygen atoms in total. The van der Waals surface area contributed by atoms with Gasteiger partial charge in [0.15, 0.2) is 0 Å². The number of β-amino-alcohol motifs (C(OH)–C–C–N with tert-alkyl or cyclic N) is 1. The average molecular weight is 346 g/mol. The summed E-state index contributed by atoms with van der Waals surface area (Å²) in [6.07, 6.45) is 4.90. The van der Waals surface area contributed by atoms with Gasteiger partial charge in [-0.3, -0.25) is 4.79 Å². The van der Waals surface area contributed by atoms with Gasteiger partial charge in [-0.1, -0.05) is 0 Å². The number of amides is 1. The zero-order valence-electron chi connectivity index (χ0n) is 14.0. The number of hydrogen-bond acceptors (Lipinski definition) is 6. The van der Waals surface area contributed by atoms with Gasteiger partial charge in [-0.15, -0.1) is 11.3 Å². The van der Waals surface area contributed by atoms with E-state index in [1.54, 1.807) is 30.4 Å². The van der Waals surface area contributed by atoms with Gasteiger partial charge in [-0.05, 0) is 38.0 Å². The van der Waals surface area contributed by atoms with E-state index in [1.807, 2.05) is 24.0 Å². The molecule has 1 aliphatic rings. The van der Waals surface area contributed by atoms with E-state index in [0.717, 1.165) is 17.8 Å². The maximum Gasteiger partial charge on any atom is 0.263 e. The molecule has 1 amide bonds. The summed E-state index contributed by atoms with van der Waals surface area (Å²) in [5, 5.41) is 11.0. The zero-order chi connectivity index (χ0) is 17.2. The molecule has 0 bridgehead atoms. The molecule has 2 aromatic rings. The highest BCUT2D eigenvalue weighted by molar-refractivity contribution is 7.13. The van der Waals surface area contributed by atoms with E-state index in [4.69, 9.17) is 0 Å². The molecule has 2 aromatic heterocycles. The molecule has 128 valence electrons. The van der Waals surface area contributed by atoms with Crippen LogP contribution in [0.3, 0.4) is 0 Å². The summed E-state index contributed by atoms with van der Waals surface area (Å²) >= 11 is 1.48. The third kappa shape index (κ3) is 3.73. The van der Waals surface area contributed by atoms with Crippen LogP contribution in [0.5, 0.6) is 0 Å². The number of rotatable bonds is 4. The Bertz CT molecular complexity index is 706. The van der Waals surface area contributed by atoms with Crippen LogP contribution in [0.4, 0.5) is 5.95 Å². The molecule has 0 aromatic carbocycles. The maximum absolute atomic E-state index is 12.5. The molecule has 3 heterocycles. The van der Waals surface area contributed by atoms with Crippen LogP contribution in [0.25, 0.3) is 0 Å². The fourth-order valence-corrected chi connectivity index (χ4v) is 3.98. The maximum atomic E-state index is 12.5. The summed E-state index contributed by atoms with van der Waals surface area (Å²) in [5.74, 6) is 0.577. The van der Waals surface area contributed by atoms with Crippen molar-refractivity contribution in [3.05, 3.63) is 40.3 Å². The lowest BCUT2D eigenvalue weighted by Crippen LogP contribution is -2.55. The molecule has 0 spiro atoms. The first kappa shape index (κ1) is 16.9. The lowest BCUT2D eigenvalue weighted by Gasteiger charge is -2.41. The fraction of sp³-hybridized carbons (Fsp3) is 0.471. The Hall–Kier alpha value is -1.99. The first-order chi connectivity index (χ1) is 11.5. The summed E-state index contributed by atoms with van der Waals surface area (Å²) in [4.78, 5) is 26.4. The summed E-state index contributed by atoms with van der Waals surface area (Å²) in [5.41, 5.74) is -0.950. The number of hydrogen-bond donors (Lipinski definition) is 1. The van der Waals surface area contributed by atoms with Crippen molar-refractivity contribution in [2.24, 2.45) is 0 Å². The van der Waals surface area contributed by atoms with Crippen molar-refractivity contribution >= 4 is 23.2 Å². The third-order valence-corrected chi connectivity index (χ3v) is 5.21. The minimum atomic E-state index is -0.950. The Kier molecular flexibility index (Phi) is 4.82. The van der Waals surface area contributed by atoms with Crippen LogP contribution in [0, 0.1) is 6.92 Å². The average Bonchev–Trinajstić information content (AvgIpc) is 3.01. The fourth-order valence-electron chi connectivity index (χ4n) is 3.12. The highest BCUT2D eigenvalue weighted by Gasteiger charge is 2.36. The molecule has 0 saturated carbocycles. The van der Waals surface area contributed by atoms with Crippen molar-refractivity contribution in [3.63, 3.8) is 0 Å². The van der Waals surface area contributed by atoms with Crippen LogP contribution in [0.1, 0.15) is 27.4 Å². The standard InChI is InChI=1S/C17H22N4O2S/c1-13-5-6-14(24-13)15(22)20(2)11-17(23)7-3-10-21(12-17)16-18-8-4-9-19-16/h4-6,8-9,23H,3,7,10-12H2,1-2H3. The van der Waals surface area contributed by atoms with Gasteiger partial charge >= 0.3 is 0 Å². The van der Waals surface area contributed by atoms with Crippen LogP contribution < -0.4 is 4.90 Å². The number of anilines is 1. The summed E-state index contributed by atoms with van der Waals surface area (Å²) < 4.78 is 0. The molecule has 1 aliphatic heterocycles. The summed E-state index contributed by atoms with van der Waals surface area (Å²) in [6.45, 7) is 3.52. The first-order valence-electron chi connectivity index (χ1n) is 8.03. The zero-order valence-corrected chi connectivity index (χ0v) is 14.8. The topological polar surface area (TPSA) is 69.6 Å². The lowest BCUT2D eigenvalue weighted by molar-refractivity contribution is -0.000173. The molecule has 1 unspecified atom stereocenters. The number of nitrogens with zero attached hydrogens (tertiary/aromatic N) is 4. The number of carbonyl (C=O) groups excluding carboxylic acids is 1. The molecular weight excluding hydrogens is 324 g/mol. The number of piperidine rings is 1. The van der Waals surface area contributed by atoms with E-state index in [-0.39, 0.29) is 5.91 Å². The molecule has 1 atom stereocenters. The smallest absolute Gasteiger partial charge is 0.263 e. The second kappa shape index (κ2) is 6.86. The van der Waals surface area contributed by atoms with Crippen LogP contribution >= 0.6 is 11.3 Å². The molecule has 1 fully saturated rings. The normalized spacial score (nSPS) is 20.9. The molecular formula is C17H22N4O2S. The van der Waals surface area contributed by atoms with Gasteiger partial charge in [0.25, 0.3) is 5.91 Å². The van der Waals surface area contributed by atoms with Crippen LogP contribution in [-0.4, -0.2) is 58.2 Å². The number of thiophene rings is 1. The van der Waals surface area contributed by atoms with E-state index in [1.165, 1.54) is 11.3 Å². The minimum absolute atomic E-state index is 0.0467. The van der Waals surface area contributed by atoms with Gasteiger partial charge in [0.05, 0.1) is 23.6 Å². The molecule has 1 saturated heterocycles. The summed E-state index contributed by atoms with van der Waals surface area (Å²) in [6, 6.07) is 5.55. The van der Waals surface area contributed by atoms with Crippen LogP contribution in [-0.2, 0) is 0 Å². The highest BCUT2D eigenvalue weighted by Crippen LogP contribution is 2.25. The quantitative estimate of drug-likeness (QED) is 0.916. The van der Waals surface area contributed by atoms with Crippen molar-refractivity contribution < 1.29 is 9.90 Å². The largest absolute Gasteiger partial charge is 0.386 e. The van der Waals surface area contributed by atoms with Crippen molar-refractivity contribution in [1.82, 2.24) is 14.9 Å². The Morgan fingerprint density at radius 1 is 1.42 bits per heavy atom. The predicted molar refractivity (Wildman–Crippen MR) is 94.4 cm³/mol. The van der Waals surface area contributed by atoms with E-state index in [0.29, 0.717) is 30.3 Å².